The summed E-state index contributed by atoms with van der Waals surface area (Å²) < 4.78 is 0. The smallest absolute Gasteiger partial charge is 0.253 e. The standard InChI is InChI=1S/C10H15NO2/c1-2-3-5-8-6-4-7-9(12)11-10(8)13/h5H,2-4,6-7H2,1H3,(H,11,12,13). The number of carbonyl (C=O) groups is 2. The highest BCUT2D eigenvalue weighted by atomic mass is 16.2. The van der Waals surface area contributed by atoms with Crippen LogP contribution in [-0.2, 0) is 9.59 Å². The lowest BCUT2D eigenvalue weighted by atomic mass is 10.1. The topological polar surface area (TPSA) is 46.2 Å². The van der Waals surface area contributed by atoms with Crippen LogP contribution in [0.4, 0.5) is 0 Å². The second-order valence-corrected chi connectivity index (χ2v) is 3.25. The fourth-order valence-corrected chi connectivity index (χ4v) is 1.34. The molecular formula is C10H15NO2. The van der Waals surface area contributed by atoms with Gasteiger partial charge in [0.05, 0.1) is 0 Å². The second-order valence-electron chi connectivity index (χ2n) is 3.25. The molecule has 0 atom stereocenters. The maximum Gasteiger partial charge on any atom is 0.253 e. The van der Waals surface area contributed by atoms with Crippen molar-refractivity contribution in [2.45, 2.75) is 39.0 Å². The van der Waals surface area contributed by atoms with Crippen LogP contribution < -0.4 is 5.32 Å². The number of rotatable bonds is 2. The zero-order valence-corrected chi connectivity index (χ0v) is 7.93. The molecule has 1 rings (SSSR count). The first-order valence-corrected chi connectivity index (χ1v) is 4.77. The van der Waals surface area contributed by atoms with E-state index in [1.165, 1.54) is 0 Å². The van der Waals surface area contributed by atoms with Crippen LogP contribution in [0.5, 0.6) is 0 Å². The molecule has 3 heteroatoms. The second kappa shape index (κ2) is 4.80. The van der Waals surface area contributed by atoms with E-state index in [9.17, 15) is 9.59 Å². The maximum absolute atomic E-state index is 11.3. The third kappa shape index (κ3) is 3.01. The van der Waals surface area contributed by atoms with Gasteiger partial charge in [-0.05, 0) is 19.3 Å². The molecule has 1 fully saturated rings. The number of imide groups is 1. The summed E-state index contributed by atoms with van der Waals surface area (Å²) in [4.78, 5) is 22.3. The first kappa shape index (κ1) is 9.96. The lowest BCUT2D eigenvalue weighted by molar-refractivity contribution is -0.127. The van der Waals surface area contributed by atoms with Crippen molar-refractivity contribution in [3.05, 3.63) is 11.6 Å². The van der Waals surface area contributed by atoms with Crippen LogP contribution in [0.2, 0.25) is 0 Å². The molecule has 1 saturated heterocycles. The summed E-state index contributed by atoms with van der Waals surface area (Å²) in [6.45, 7) is 2.07. The molecule has 3 nitrogen and oxygen atoms in total. The largest absolute Gasteiger partial charge is 0.293 e. The molecule has 0 aromatic carbocycles. The van der Waals surface area contributed by atoms with Gasteiger partial charge in [-0.1, -0.05) is 19.4 Å². The first-order valence-electron chi connectivity index (χ1n) is 4.77. The van der Waals surface area contributed by atoms with Crippen LogP contribution in [0.1, 0.15) is 39.0 Å². The van der Waals surface area contributed by atoms with Crippen molar-refractivity contribution >= 4 is 11.8 Å². The Morgan fingerprint density at radius 1 is 1.38 bits per heavy atom. The van der Waals surface area contributed by atoms with Crippen LogP contribution >= 0.6 is 0 Å². The summed E-state index contributed by atoms with van der Waals surface area (Å²) in [5.74, 6) is -0.346. The highest BCUT2D eigenvalue weighted by molar-refractivity contribution is 6.05. The van der Waals surface area contributed by atoms with Crippen molar-refractivity contribution in [3.63, 3.8) is 0 Å². The summed E-state index contributed by atoms with van der Waals surface area (Å²) >= 11 is 0. The van der Waals surface area contributed by atoms with Gasteiger partial charge in [-0.3, -0.25) is 14.9 Å². The van der Waals surface area contributed by atoms with E-state index in [4.69, 9.17) is 0 Å². The molecule has 72 valence electrons. The molecular weight excluding hydrogens is 166 g/mol. The SMILES string of the molecule is CCCC=C1CCCC(=O)NC1=O. The average Bonchev–Trinajstić information content (AvgIpc) is 2.24. The monoisotopic (exact) mass is 181 g/mol. The summed E-state index contributed by atoms with van der Waals surface area (Å²) in [7, 11) is 0. The van der Waals surface area contributed by atoms with Crippen LogP contribution in [-0.4, -0.2) is 11.8 Å². The molecule has 0 unspecified atom stereocenters. The Morgan fingerprint density at radius 2 is 2.15 bits per heavy atom. The first-order chi connectivity index (χ1) is 6.24. The van der Waals surface area contributed by atoms with Gasteiger partial charge < -0.3 is 0 Å². The Hall–Kier alpha value is -1.12. The van der Waals surface area contributed by atoms with Gasteiger partial charge in [-0.25, -0.2) is 0 Å². The van der Waals surface area contributed by atoms with Gasteiger partial charge in [-0.15, -0.1) is 0 Å². The van der Waals surface area contributed by atoms with Crippen molar-refractivity contribution in [2.75, 3.05) is 0 Å². The number of amides is 2. The fraction of sp³-hybridized carbons (Fsp3) is 0.600. The van der Waals surface area contributed by atoms with Crippen molar-refractivity contribution in [2.24, 2.45) is 0 Å². The van der Waals surface area contributed by atoms with Crippen LogP contribution in [0, 0.1) is 0 Å². The lowest BCUT2D eigenvalue weighted by Crippen LogP contribution is -2.28. The summed E-state index contributed by atoms with van der Waals surface area (Å²) in [6.07, 6.45) is 5.87. The number of nitrogens with one attached hydrogen (secondary N) is 1. The zero-order valence-electron chi connectivity index (χ0n) is 7.93. The molecule has 13 heavy (non-hydrogen) atoms. The van der Waals surface area contributed by atoms with E-state index >= 15 is 0 Å². The molecule has 0 aromatic rings. The fourth-order valence-electron chi connectivity index (χ4n) is 1.34. The van der Waals surface area contributed by atoms with E-state index in [1.54, 1.807) is 0 Å². The molecule has 1 aliphatic rings. The number of carbonyl (C=O) groups excluding carboxylic acids is 2. The van der Waals surface area contributed by atoms with Gasteiger partial charge in [0.1, 0.15) is 0 Å². The predicted octanol–water partition coefficient (Wildman–Crippen LogP) is 1.54. The Bertz CT molecular complexity index is 243. The average molecular weight is 181 g/mol. The Kier molecular flexibility index (Phi) is 3.68. The molecule has 0 spiro atoms. The molecule has 0 radical (unpaired) electrons. The van der Waals surface area contributed by atoms with E-state index in [1.807, 2.05) is 6.08 Å². The van der Waals surface area contributed by atoms with Crippen molar-refractivity contribution in [1.82, 2.24) is 5.32 Å². The highest BCUT2D eigenvalue weighted by Crippen LogP contribution is 2.12. The van der Waals surface area contributed by atoms with Crippen LogP contribution in [0.15, 0.2) is 11.6 Å². The zero-order chi connectivity index (χ0) is 9.68. The number of hydrogen-bond donors (Lipinski definition) is 1. The van der Waals surface area contributed by atoms with Crippen molar-refractivity contribution < 1.29 is 9.59 Å². The predicted molar refractivity (Wildman–Crippen MR) is 50.0 cm³/mol. The summed E-state index contributed by atoms with van der Waals surface area (Å²) in [6, 6.07) is 0. The number of unbranched alkanes of at least 4 members (excludes halogenated alkanes) is 1. The maximum atomic E-state index is 11.3. The number of hydrogen-bond acceptors (Lipinski definition) is 2. The number of allylic oxidation sites excluding steroid dienone is 1. The molecule has 0 aliphatic carbocycles. The Labute approximate surface area is 78.2 Å². The molecule has 0 bridgehead atoms. The van der Waals surface area contributed by atoms with E-state index < -0.39 is 0 Å². The van der Waals surface area contributed by atoms with E-state index in [0.29, 0.717) is 6.42 Å². The summed E-state index contributed by atoms with van der Waals surface area (Å²) in [5, 5.41) is 2.35. The Morgan fingerprint density at radius 3 is 2.85 bits per heavy atom. The van der Waals surface area contributed by atoms with E-state index in [2.05, 4.69) is 12.2 Å². The van der Waals surface area contributed by atoms with Crippen molar-refractivity contribution in [1.29, 1.82) is 0 Å². The van der Waals surface area contributed by atoms with Crippen molar-refractivity contribution in [3.8, 4) is 0 Å². The van der Waals surface area contributed by atoms with Gasteiger partial charge in [0.2, 0.25) is 5.91 Å². The lowest BCUT2D eigenvalue weighted by Gasteiger charge is -2.00. The quantitative estimate of drug-likeness (QED) is 0.519. The molecule has 1 heterocycles. The molecule has 0 saturated carbocycles. The van der Waals surface area contributed by atoms with Gasteiger partial charge in [0.25, 0.3) is 5.91 Å². The third-order valence-corrected chi connectivity index (χ3v) is 2.07. The molecule has 1 aliphatic heterocycles. The minimum atomic E-state index is -0.198. The molecule has 0 aromatic heterocycles. The van der Waals surface area contributed by atoms with Crippen LogP contribution in [0.3, 0.4) is 0 Å². The van der Waals surface area contributed by atoms with E-state index in [0.717, 1.165) is 31.3 Å². The minimum absolute atomic E-state index is 0.148. The Balaban J connectivity index is 2.63. The van der Waals surface area contributed by atoms with Gasteiger partial charge in [0, 0.05) is 12.0 Å². The molecule has 1 N–H and O–H groups in total. The van der Waals surface area contributed by atoms with Crippen LogP contribution in [0.25, 0.3) is 0 Å². The van der Waals surface area contributed by atoms with E-state index in [-0.39, 0.29) is 11.8 Å². The summed E-state index contributed by atoms with van der Waals surface area (Å²) in [5.41, 5.74) is 0.771. The minimum Gasteiger partial charge on any atom is -0.293 e. The van der Waals surface area contributed by atoms with Gasteiger partial charge in [-0.2, -0.15) is 0 Å². The van der Waals surface area contributed by atoms with Gasteiger partial charge >= 0.3 is 0 Å². The van der Waals surface area contributed by atoms with Gasteiger partial charge in [0.15, 0.2) is 0 Å². The molecule has 2 amide bonds. The third-order valence-electron chi connectivity index (χ3n) is 2.07. The highest BCUT2D eigenvalue weighted by Gasteiger charge is 2.16. The normalized spacial score (nSPS) is 21.5.